The van der Waals surface area contributed by atoms with Gasteiger partial charge in [-0.3, -0.25) is 9.59 Å². The van der Waals surface area contributed by atoms with Crippen LogP contribution in [0.5, 0.6) is 0 Å². The van der Waals surface area contributed by atoms with Crippen molar-refractivity contribution in [2.24, 2.45) is 0 Å². The maximum Gasteiger partial charge on any atom is 0.259 e. The van der Waals surface area contributed by atoms with Crippen LogP contribution in [0.3, 0.4) is 0 Å². The van der Waals surface area contributed by atoms with Crippen LogP contribution in [0.2, 0.25) is 0 Å². The second-order valence-corrected chi connectivity index (χ2v) is 8.34. The highest BCUT2D eigenvalue weighted by atomic mass is 32.2. The first kappa shape index (κ1) is 17.5. The summed E-state index contributed by atoms with van der Waals surface area (Å²) in [5, 5.41) is 3.73. The molecule has 1 aliphatic carbocycles. The van der Waals surface area contributed by atoms with E-state index in [2.05, 4.69) is 15.3 Å². The molecule has 1 amide bonds. The number of aromatic nitrogens is 2. The summed E-state index contributed by atoms with van der Waals surface area (Å²) < 4.78 is 0. The molecule has 0 aromatic carbocycles. The number of thioether (sulfide) groups is 1. The highest BCUT2D eigenvalue weighted by Crippen LogP contribution is 2.33. The molecule has 2 heterocycles. The van der Waals surface area contributed by atoms with Crippen molar-refractivity contribution in [2.75, 3.05) is 5.75 Å². The molecular weight excluding hydrogens is 342 g/mol. The first-order valence-electron chi connectivity index (χ1n) is 8.49. The first-order valence-corrected chi connectivity index (χ1v) is 10.5. The molecule has 2 aromatic rings. The molecule has 0 spiro atoms. The predicted molar refractivity (Wildman–Crippen MR) is 101 cm³/mol. The van der Waals surface area contributed by atoms with Gasteiger partial charge >= 0.3 is 0 Å². The Morgan fingerprint density at radius 1 is 1.42 bits per heavy atom. The Labute approximate surface area is 149 Å². The minimum Gasteiger partial charge on any atom is -0.353 e. The van der Waals surface area contributed by atoms with Gasteiger partial charge in [-0.25, -0.2) is 4.98 Å². The average Bonchev–Trinajstić information content (AvgIpc) is 2.93. The van der Waals surface area contributed by atoms with Gasteiger partial charge in [0.1, 0.15) is 10.7 Å². The summed E-state index contributed by atoms with van der Waals surface area (Å²) in [7, 11) is 0. The monoisotopic (exact) mass is 365 g/mol. The number of aryl methyl sites for hydroxylation is 2. The number of carbonyl (C=O) groups excluding carboxylic acids is 1. The Kier molecular flexibility index (Phi) is 5.61. The fourth-order valence-electron chi connectivity index (χ4n) is 2.94. The quantitative estimate of drug-likeness (QED) is 0.825. The zero-order chi connectivity index (χ0) is 17.1. The van der Waals surface area contributed by atoms with E-state index in [9.17, 15) is 9.59 Å². The van der Waals surface area contributed by atoms with Crippen LogP contribution in [-0.2, 0) is 23.4 Å². The second-order valence-electron chi connectivity index (χ2n) is 6.27. The number of hydrogen-bond acceptors (Lipinski definition) is 5. The lowest BCUT2D eigenvalue weighted by molar-refractivity contribution is -0.119. The van der Waals surface area contributed by atoms with Crippen LogP contribution in [0.1, 0.15) is 49.4 Å². The zero-order valence-corrected chi connectivity index (χ0v) is 15.7. The molecule has 0 unspecified atom stereocenters. The molecule has 0 saturated carbocycles. The summed E-state index contributed by atoms with van der Waals surface area (Å²) in [4.78, 5) is 33.9. The largest absolute Gasteiger partial charge is 0.353 e. The molecule has 0 radical (unpaired) electrons. The van der Waals surface area contributed by atoms with Crippen LogP contribution in [0.15, 0.2) is 4.79 Å². The summed E-state index contributed by atoms with van der Waals surface area (Å²) in [5.41, 5.74) is 1.18. The third kappa shape index (κ3) is 3.83. The number of fused-ring (bicyclic) bond motifs is 3. The number of aromatic amines is 1. The van der Waals surface area contributed by atoms with Crippen LogP contribution in [0.25, 0.3) is 10.2 Å². The maximum atomic E-state index is 12.4. The molecule has 0 fully saturated rings. The number of amides is 1. The fraction of sp³-hybridized carbons (Fsp3) is 0.588. The van der Waals surface area contributed by atoms with Crippen molar-refractivity contribution in [1.29, 1.82) is 0 Å². The Balaban J connectivity index is 1.68. The molecule has 5 nitrogen and oxygen atoms in total. The molecule has 2 N–H and O–H groups in total. The number of carbonyl (C=O) groups is 1. The van der Waals surface area contributed by atoms with Crippen LogP contribution in [0.4, 0.5) is 0 Å². The number of nitrogens with one attached hydrogen (secondary N) is 2. The summed E-state index contributed by atoms with van der Waals surface area (Å²) in [5.74, 6) is 1.62. The van der Waals surface area contributed by atoms with E-state index in [1.165, 1.54) is 28.6 Å². The van der Waals surface area contributed by atoms with Crippen molar-refractivity contribution in [3.63, 3.8) is 0 Å². The molecule has 0 aliphatic heterocycles. The van der Waals surface area contributed by atoms with Gasteiger partial charge < -0.3 is 10.3 Å². The van der Waals surface area contributed by atoms with E-state index in [0.29, 0.717) is 17.3 Å². The van der Waals surface area contributed by atoms with Gasteiger partial charge in [-0.2, -0.15) is 0 Å². The van der Waals surface area contributed by atoms with Crippen molar-refractivity contribution in [3.05, 3.63) is 26.6 Å². The Bertz CT molecular complexity index is 797. The minimum atomic E-state index is -0.0287. The fourth-order valence-corrected chi connectivity index (χ4v) is 4.92. The molecule has 1 aliphatic rings. The zero-order valence-electron chi connectivity index (χ0n) is 14.1. The summed E-state index contributed by atoms with van der Waals surface area (Å²) >= 11 is 3.14. The van der Waals surface area contributed by atoms with Gasteiger partial charge in [0, 0.05) is 10.9 Å². The molecule has 24 heavy (non-hydrogen) atoms. The molecule has 1 atom stereocenters. The van der Waals surface area contributed by atoms with Gasteiger partial charge in [0.05, 0.1) is 16.9 Å². The van der Waals surface area contributed by atoms with Gasteiger partial charge in [-0.15, -0.1) is 23.1 Å². The van der Waals surface area contributed by atoms with Gasteiger partial charge in [0.2, 0.25) is 5.91 Å². The summed E-state index contributed by atoms with van der Waals surface area (Å²) in [6, 6.07) is 0.199. The SMILES string of the molecule is CC[C@H](C)NC(=O)CSCc1nc2sc3c(c2c(=O)[nH]1)CCCC3. The van der Waals surface area contributed by atoms with Crippen LogP contribution >= 0.6 is 23.1 Å². The van der Waals surface area contributed by atoms with Crippen LogP contribution in [0, 0.1) is 0 Å². The van der Waals surface area contributed by atoms with Gasteiger partial charge in [-0.1, -0.05) is 6.92 Å². The predicted octanol–water partition coefficient (Wildman–Crippen LogP) is 3.01. The van der Waals surface area contributed by atoms with E-state index in [0.717, 1.165) is 35.9 Å². The summed E-state index contributed by atoms with van der Waals surface area (Å²) in [6.45, 7) is 4.04. The molecule has 7 heteroatoms. The van der Waals surface area contributed by atoms with E-state index in [4.69, 9.17) is 0 Å². The molecule has 0 saturated heterocycles. The average molecular weight is 366 g/mol. The lowest BCUT2D eigenvalue weighted by Gasteiger charge is -2.10. The number of thiophene rings is 1. The van der Waals surface area contributed by atoms with E-state index in [1.807, 2.05) is 13.8 Å². The Hall–Kier alpha value is -1.34. The van der Waals surface area contributed by atoms with Crippen molar-refractivity contribution >= 4 is 39.2 Å². The van der Waals surface area contributed by atoms with Crippen LogP contribution in [-0.4, -0.2) is 27.7 Å². The van der Waals surface area contributed by atoms with Gasteiger partial charge in [0.25, 0.3) is 5.56 Å². The normalized spacial score (nSPS) is 15.2. The smallest absolute Gasteiger partial charge is 0.259 e. The van der Waals surface area contributed by atoms with Crippen molar-refractivity contribution in [3.8, 4) is 0 Å². The highest BCUT2D eigenvalue weighted by molar-refractivity contribution is 7.99. The van der Waals surface area contributed by atoms with Crippen molar-refractivity contribution in [1.82, 2.24) is 15.3 Å². The maximum absolute atomic E-state index is 12.4. The number of rotatable bonds is 6. The van der Waals surface area contributed by atoms with Gasteiger partial charge in [-0.05, 0) is 44.6 Å². The highest BCUT2D eigenvalue weighted by Gasteiger charge is 2.19. The molecular formula is C17H23N3O2S2. The third-order valence-corrected chi connectivity index (χ3v) is 6.50. The third-order valence-electron chi connectivity index (χ3n) is 4.37. The van der Waals surface area contributed by atoms with E-state index >= 15 is 0 Å². The number of H-pyrrole nitrogens is 1. The second kappa shape index (κ2) is 7.70. The molecule has 130 valence electrons. The summed E-state index contributed by atoms with van der Waals surface area (Å²) in [6.07, 6.45) is 5.33. The molecule has 2 aromatic heterocycles. The lowest BCUT2D eigenvalue weighted by Crippen LogP contribution is -2.33. The molecule has 3 rings (SSSR count). The standard InChI is InChI=1S/C17H23N3O2S2/c1-3-10(2)18-14(21)9-23-8-13-19-16(22)15-11-6-4-5-7-12(11)24-17(15)20-13/h10H,3-9H2,1-2H3,(H,18,21)(H,19,20,22)/t10-/m0/s1. The van der Waals surface area contributed by atoms with Crippen molar-refractivity contribution < 1.29 is 4.79 Å². The first-order chi connectivity index (χ1) is 11.6. The van der Waals surface area contributed by atoms with Crippen LogP contribution < -0.4 is 10.9 Å². The van der Waals surface area contributed by atoms with E-state index < -0.39 is 0 Å². The topological polar surface area (TPSA) is 74.8 Å². The minimum absolute atomic E-state index is 0.0287. The van der Waals surface area contributed by atoms with Gasteiger partial charge in [0.15, 0.2) is 0 Å². The number of nitrogens with zero attached hydrogens (tertiary/aromatic N) is 1. The van der Waals surface area contributed by atoms with E-state index in [1.54, 1.807) is 11.3 Å². The number of hydrogen-bond donors (Lipinski definition) is 2. The lowest BCUT2D eigenvalue weighted by atomic mass is 9.97. The van der Waals surface area contributed by atoms with E-state index in [-0.39, 0.29) is 17.5 Å². The Morgan fingerprint density at radius 3 is 3.00 bits per heavy atom. The molecule has 0 bridgehead atoms. The van der Waals surface area contributed by atoms with Crippen molar-refractivity contribution in [2.45, 2.75) is 57.7 Å². The Morgan fingerprint density at radius 2 is 2.21 bits per heavy atom.